The molecule has 1 N–H and O–H groups in total. The number of carbonyl (C=O) groups excluding carboxylic acids is 2. The lowest BCUT2D eigenvalue weighted by Gasteiger charge is -2.40. The zero-order chi connectivity index (χ0) is 31.0. The van der Waals surface area contributed by atoms with Crippen LogP contribution in [0.3, 0.4) is 0 Å². The molecule has 44 heavy (non-hydrogen) atoms. The third kappa shape index (κ3) is 5.70. The van der Waals surface area contributed by atoms with Crippen LogP contribution in [-0.4, -0.2) is 63.5 Å². The molecule has 0 spiro atoms. The zero-order valence-corrected chi connectivity index (χ0v) is 25.7. The van der Waals surface area contributed by atoms with Crippen LogP contribution in [0.4, 0.5) is 21.5 Å². The lowest BCUT2D eigenvalue weighted by atomic mass is 9.73. The van der Waals surface area contributed by atoms with Crippen molar-refractivity contribution in [2.45, 2.75) is 32.7 Å². The molecule has 230 valence electrons. The Morgan fingerprint density at radius 3 is 2.34 bits per heavy atom. The Balaban J connectivity index is 1.37. The molecule has 6 rings (SSSR count). The highest BCUT2D eigenvalue weighted by molar-refractivity contribution is 6.02. The summed E-state index contributed by atoms with van der Waals surface area (Å²) in [5.41, 5.74) is 4.87. The molecular formula is C35H39FN4O4. The van der Waals surface area contributed by atoms with E-state index in [4.69, 9.17) is 9.47 Å². The van der Waals surface area contributed by atoms with Crippen LogP contribution in [0, 0.1) is 11.2 Å². The Hall–Kier alpha value is -4.53. The van der Waals surface area contributed by atoms with E-state index in [0.717, 1.165) is 28.3 Å². The van der Waals surface area contributed by atoms with Crippen LogP contribution >= 0.6 is 0 Å². The summed E-state index contributed by atoms with van der Waals surface area (Å²) < 4.78 is 24.6. The number of allylic oxidation sites excluding steroid dienone is 1. The second-order valence-electron chi connectivity index (χ2n) is 12.5. The number of amides is 1. The highest BCUT2D eigenvalue weighted by Gasteiger charge is 2.42. The van der Waals surface area contributed by atoms with Gasteiger partial charge in [0.2, 0.25) is 5.91 Å². The number of piperazine rings is 1. The predicted molar refractivity (Wildman–Crippen MR) is 170 cm³/mol. The maximum absolute atomic E-state index is 14.1. The number of carbonyl (C=O) groups is 2. The summed E-state index contributed by atoms with van der Waals surface area (Å²) in [4.78, 5) is 34.2. The number of para-hydroxylation sites is 2. The van der Waals surface area contributed by atoms with Gasteiger partial charge in [-0.3, -0.25) is 9.59 Å². The first-order chi connectivity index (χ1) is 21.2. The Bertz CT molecular complexity index is 1590. The molecule has 2 heterocycles. The first-order valence-corrected chi connectivity index (χ1v) is 15.1. The first-order valence-electron chi connectivity index (χ1n) is 15.1. The SMILES string of the molecule is COc1ccc(C2C3=C(CC(C)(C)CC3=O)Nc3ccccc3N2CC(=O)N2CCN(c3ccc(F)cc3)CC2)cc1OC. The van der Waals surface area contributed by atoms with E-state index in [0.29, 0.717) is 56.1 Å². The Labute approximate surface area is 258 Å². The van der Waals surface area contributed by atoms with Gasteiger partial charge in [0.1, 0.15) is 5.82 Å². The number of ketones is 1. The molecule has 1 fully saturated rings. The summed E-state index contributed by atoms with van der Waals surface area (Å²) in [6.07, 6.45) is 1.13. The van der Waals surface area contributed by atoms with Crippen LogP contribution in [0.15, 0.2) is 78.0 Å². The number of hydrogen-bond acceptors (Lipinski definition) is 7. The molecule has 1 aliphatic carbocycles. The van der Waals surface area contributed by atoms with Gasteiger partial charge in [-0.05, 0) is 65.9 Å². The molecule has 1 atom stereocenters. The molecule has 0 aromatic heterocycles. The van der Waals surface area contributed by atoms with Crippen molar-refractivity contribution < 1.29 is 23.5 Å². The monoisotopic (exact) mass is 598 g/mol. The second kappa shape index (κ2) is 11.9. The largest absolute Gasteiger partial charge is 0.493 e. The molecular weight excluding hydrogens is 559 g/mol. The fourth-order valence-electron chi connectivity index (χ4n) is 6.71. The molecule has 3 aromatic carbocycles. The number of Topliss-reactive ketones (excluding diaryl/α,β-unsaturated/α-hetero) is 1. The van der Waals surface area contributed by atoms with Gasteiger partial charge >= 0.3 is 0 Å². The Kier molecular flexibility index (Phi) is 7.97. The average Bonchev–Trinajstić information content (AvgIpc) is 3.15. The molecule has 2 aliphatic heterocycles. The normalized spacial score (nSPS) is 19.5. The van der Waals surface area contributed by atoms with Crippen molar-refractivity contribution in [3.63, 3.8) is 0 Å². The van der Waals surface area contributed by atoms with Crippen LogP contribution in [-0.2, 0) is 9.59 Å². The third-order valence-electron chi connectivity index (χ3n) is 8.86. The van der Waals surface area contributed by atoms with E-state index in [-0.39, 0.29) is 29.5 Å². The minimum absolute atomic E-state index is 0.0170. The molecule has 0 radical (unpaired) electrons. The van der Waals surface area contributed by atoms with Gasteiger partial charge in [0.25, 0.3) is 0 Å². The molecule has 8 nitrogen and oxygen atoms in total. The molecule has 1 unspecified atom stereocenters. The topological polar surface area (TPSA) is 74.4 Å². The summed E-state index contributed by atoms with van der Waals surface area (Å²) in [5, 5.41) is 3.61. The van der Waals surface area contributed by atoms with E-state index in [1.54, 1.807) is 26.4 Å². The smallest absolute Gasteiger partial charge is 0.242 e. The summed E-state index contributed by atoms with van der Waals surface area (Å²) >= 11 is 0. The minimum Gasteiger partial charge on any atom is -0.493 e. The van der Waals surface area contributed by atoms with Crippen molar-refractivity contribution in [3.8, 4) is 11.5 Å². The van der Waals surface area contributed by atoms with Crippen LogP contribution in [0.25, 0.3) is 0 Å². The van der Waals surface area contributed by atoms with Crippen LogP contribution in [0.1, 0.15) is 38.3 Å². The molecule has 3 aromatic rings. The van der Waals surface area contributed by atoms with E-state index in [9.17, 15) is 14.0 Å². The summed E-state index contributed by atoms with van der Waals surface area (Å²) in [7, 11) is 3.19. The van der Waals surface area contributed by atoms with Gasteiger partial charge in [0, 0.05) is 49.6 Å². The average molecular weight is 599 g/mol. The molecule has 9 heteroatoms. The fraction of sp³-hybridized carbons (Fsp3) is 0.371. The summed E-state index contributed by atoms with van der Waals surface area (Å²) in [6, 6.07) is 19.6. The zero-order valence-electron chi connectivity index (χ0n) is 25.7. The van der Waals surface area contributed by atoms with E-state index < -0.39 is 6.04 Å². The van der Waals surface area contributed by atoms with Crippen molar-refractivity contribution in [2.75, 3.05) is 62.1 Å². The standard InChI is InChI=1S/C35H39FN4O4/c1-35(2)20-27-33(29(41)21-35)34(23-9-14-30(43-3)31(19-23)44-4)40(28-8-6-5-7-26(28)37-27)22-32(42)39-17-15-38(16-18-39)25-12-10-24(36)11-13-25/h5-14,19,34,37H,15-18,20-22H2,1-4H3. The van der Waals surface area contributed by atoms with Gasteiger partial charge in [-0.1, -0.05) is 32.0 Å². The lowest BCUT2D eigenvalue weighted by molar-refractivity contribution is -0.130. The number of hydrogen-bond donors (Lipinski definition) is 1. The predicted octanol–water partition coefficient (Wildman–Crippen LogP) is 5.81. The van der Waals surface area contributed by atoms with Crippen molar-refractivity contribution in [1.82, 2.24) is 4.90 Å². The van der Waals surface area contributed by atoms with Crippen molar-refractivity contribution >= 4 is 28.8 Å². The van der Waals surface area contributed by atoms with Crippen LogP contribution in [0.2, 0.25) is 0 Å². The number of rotatable bonds is 6. The minimum atomic E-state index is -0.519. The number of halogens is 1. The molecule has 1 saturated heterocycles. The number of ether oxygens (including phenoxy) is 2. The number of nitrogens with zero attached hydrogens (tertiary/aromatic N) is 3. The Morgan fingerprint density at radius 1 is 0.932 bits per heavy atom. The first kappa shape index (κ1) is 29.5. The van der Waals surface area contributed by atoms with Crippen LogP contribution < -0.4 is 24.6 Å². The second-order valence-corrected chi connectivity index (χ2v) is 12.5. The van der Waals surface area contributed by atoms with Gasteiger partial charge in [-0.2, -0.15) is 0 Å². The van der Waals surface area contributed by atoms with E-state index >= 15 is 0 Å². The number of benzene rings is 3. The fourth-order valence-corrected chi connectivity index (χ4v) is 6.71. The molecule has 1 amide bonds. The van der Waals surface area contributed by atoms with Crippen molar-refractivity contribution in [1.29, 1.82) is 0 Å². The number of anilines is 3. The summed E-state index contributed by atoms with van der Waals surface area (Å²) in [6.45, 7) is 6.71. The van der Waals surface area contributed by atoms with Gasteiger partial charge in [0.15, 0.2) is 17.3 Å². The summed E-state index contributed by atoms with van der Waals surface area (Å²) in [5.74, 6) is 0.940. The third-order valence-corrected chi connectivity index (χ3v) is 8.86. The Morgan fingerprint density at radius 2 is 1.64 bits per heavy atom. The van der Waals surface area contributed by atoms with Crippen LogP contribution in [0.5, 0.6) is 11.5 Å². The van der Waals surface area contributed by atoms with Gasteiger partial charge < -0.3 is 29.5 Å². The van der Waals surface area contributed by atoms with Crippen molar-refractivity contribution in [2.24, 2.45) is 5.41 Å². The highest BCUT2D eigenvalue weighted by Crippen LogP contribution is 2.49. The molecule has 0 bridgehead atoms. The maximum atomic E-state index is 14.1. The van der Waals surface area contributed by atoms with Gasteiger partial charge in [-0.15, -0.1) is 0 Å². The molecule has 3 aliphatic rings. The highest BCUT2D eigenvalue weighted by atomic mass is 19.1. The molecule has 0 saturated carbocycles. The van der Waals surface area contributed by atoms with Gasteiger partial charge in [0.05, 0.1) is 38.2 Å². The lowest BCUT2D eigenvalue weighted by Crippen LogP contribution is -2.52. The maximum Gasteiger partial charge on any atom is 0.242 e. The van der Waals surface area contributed by atoms with E-state index in [2.05, 4.69) is 29.0 Å². The quantitative estimate of drug-likeness (QED) is 0.384. The van der Waals surface area contributed by atoms with Gasteiger partial charge in [-0.25, -0.2) is 4.39 Å². The number of nitrogens with one attached hydrogen (secondary N) is 1. The number of methoxy groups -OCH3 is 2. The van der Waals surface area contributed by atoms with E-state index in [1.165, 1.54) is 12.1 Å². The number of fused-ring (bicyclic) bond motifs is 1. The van der Waals surface area contributed by atoms with E-state index in [1.807, 2.05) is 47.4 Å². The van der Waals surface area contributed by atoms with Crippen molar-refractivity contribution in [3.05, 3.63) is 89.4 Å².